The number of nitrogens with one attached hydrogen (secondary N) is 1. The normalized spacial score (nSPS) is 17.3. The summed E-state index contributed by atoms with van der Waals surface area (Å²) in [6.45, 7) is 11.2. The fourth-order valence-electron chi connectivity index (χ4n) is 18.0. The molecule has 14 aromatic rings. The standard InChI is InChI=1S/C17H17NO2.C16H16N2O2.C15H13NO3.C15H15NO.C14H12BrNO.C14H14N2O.C14H13NO2.2CH4/c1-2-16(19)13-10-11-18-14(13)8-9-15(18)17(20)12-6-4-3-5-7-12;1-11(19)17-13-9-10-18-14(13)7-8-15(18)16(20)12-5-3-2-4-6-12;17-14(10-4-2-1-3-5-10)13-7-6-12-11(15(18)19)8-9-16(12)13;1-11-9-10-16-13(11)7-8-14(16)15(17)12-5-3-2-4-6-12;2*15-11-8-9-16-12(11)6-7-13(16)14(17)10-4-2-1-3-5-10;16-13-8-9-15-11(13)6-7-12(15)14(17)10-4-2-1-3-5-10;;/h3-9,13H,2,10-11H2,1H3;2-8,13H,9-10H2,1H3,(H,17,19);1-7,11H,8-9H2,(H,18,19);2-8,11H,9-10H2,1H3;1-7,11H,8-9H2;1-7,11H,8-9,15H2;1-7,13,16H,8-9H2;2*1H4. The Bertz CT molecular complexity index is 5920. The summed E-state index contributed by atoms with van der Waals surface area (Å²) >= 11 is 3.62. The van der Waals surface area contributed by atoms with Gasteiger partial charge in [-0.1, -0.05) is 257 Å². The first-order chi connectivity index (χ1) is 61.6. The van der Waals surface area contributed by atoms with E-state index in [4.69, 9.17) is 10.8 Å². The second kappa shape index (κ2) is 42.2. The van der Waals surface area contributed by atoms with Crippen molar-refractivity contribution in [3.05, 3.63) is 416 Å². The highest BCUT2D eigenvalue weighted by atomic mass is 79.9. The van der Waals surface area contributed by atoms with Gasteiger partial charge in [0, 0.05) is 144 Å². The molecule has 660 valence electrons. The van der Waals surface area contributed by atoms with Crippen LogP contribution in [0, 0.1) is 0 Å². The minimum Gasteiger partial charge on any atom is -0.481 e. The summed E-state index contributed by atoms with van der Waals surface area (Å²) in [5, 5.41) is 21.8. The number of aliphatic hydroxyl groups is 1. The van der Waals surface area contributed by atoms with Crippen LogP contribution in [0.15, 0.2) is 297 Å². The van der Waals surface area contributed by atoms with Crippen molar-refractivity contribution in [2.24, 2.45) is 5.73 Å². The summed E-state index contributed by atoms with van der Waals surface area (Å²) in [5.74, 6) is -0.209. The Morgan fingerprint density at radius 1 is 0.326 bits per heavy atom. The average molecular weight is 1790 g/mol. The number of aromatic nitrogens is 7. The number of benzene rings is 7. The Balaban J connectivity index is 0.000000128. The maximum Gasteiger partial charge on any atom is 0.312 e. The Kier molecular flexibility index (Phi) is 30.4. The number of hydrogen-bond acceptors (Lipinski definition) is 12. The molecule has 21 rings (SSSR count). The number of aliphatic carboxylic acids is 1. The van der Waals surface area contributed by atoms with Gasteiger partial charge in [0.15, 0.2) is 0 Å². The minimum atomic E-state index is -0.824. The number of halogens is 1. The van der Waals surface area contributed by atoms with Crippen LogP contribution in [0.5, 0.6) is 0 Å². The van der Waals surface area contributed by atoms with Crippen molar-refractivity contribution < 1.29 is 58.2 Å². The van der Waals surface area contributed by atoms with Crippen LogP contribution < -0.4 is 11.1 Å². The van der Waals surface area contributed by atoms with Gasteiger partial charge < -0.3 is 53.2 Å². The molecule has 7 unspecified atom stereocenters. The molecule has 0 spiro atoms. The second-order valence-corrected chi connectivity index (χ2v) is 33.6. The van der Waals surface area contributed by atoms with E-state index >= 15 is 0 Å². The van der Waals surface area contributed by atoms with Crippen molar-refractivity contribution in [2.75, 3.05) is 0 Å². The van der Waals surface area contributed by atoms with Crippen molar-refractivity contribution in [3.8, 4) is 0 Å². The Labute approximate surface area is 760 Å². The van der Waals surface area contributed by atoms with Crippen molar-refractivity contribution in [2.45, 2.75) is 174 Å². The van der Waals surface area contributed by atoms with Crippen LogP contribution in [-0.4, -0.2) is 100 Å². The first kappa shape index (κ1) is 92.9. The highest BCUT2D eigenvalue weighted by Gasteiger charge is 2.35. The molecule has 14 heterocycles. The summed E-state index contributed by atoms with van der Waals surface area (Å²) in [7, 11) is 0. The van der Waals surface area contributed by atoms with Crippen molar-refractivity contribution >= 4 is 74.1 Å². The maximum atomic E-state index is 12.5. The Morgan fingerprint density at radius 3 is 0.961 bits per heavy atom. The molecule has 7 atom stereocenters. The second-order valence-electron chi connectivity index (χ2n) is 32.5. The van der Waals surface area contributed by atoms with E-state index in [1.54, 1.807) is 30.3 Å². The topological polar surface area (TPSA) is 284 Å². The fourth-order valence-corrected chi connectivity index (χ4v) is 18.6. The minimum absolute atomic E-state index is 0. The highest BCUT2D eigenvalue weighted by molar-refractivity contribution is 9.09. The van der Waals surface area contributed by atoms with E-state index in [0.29, 0.717) is 81.6 Å². The summed E-state index contributed by atoms with van der Waals surface area (Å²) in [5.41, 5.74) is 23.1. The number of nitrogens with zero attached hydrogens (tertiary/aromatic N) is 7. The van der Waals surface area contributed by atoms with Crippen LogP contribution in [0.2, 0.25) is 0 Å². The number of nitrogens with two attached hydrogens (primary N) is 1. The van der Waals surface area contributed by atoms with Gasteiger partial charge >= 0.3 is 5.97 Å². The summed E-state index contributed by atoms with van der Waals surface area (Å²) in [4.78, 5) is 121. The molecule has 22 heteroatoms. The number of aliphatic hydroxyl groups excluding tert-OH is 1. The number of Topliss-reactive ketones (excluding diaryl/α,β-unsaturated/α-hetero) is 1. The quantitative estimate of drug-likeness (QED) is 0.0460. The number of rotatable bonds is 18. The van der Waals surface area contributed by atoms with Crippen molar-refractivity contribution in [1.29, 1.82) is 0 Å². The van der Waals surface area contributed by atoms with E-state index in [9.17, 15) is 53.1 Å². The Morgan fingerprint density at radius 2 is 0.589 bits per heavy atom. The third kappa shape index (κ3) is 20.3. The smallest absolute Gasteiger partial charge is 0.312 e. The van der Waals surface area contributed by atoms with Crippen LogP contribution >= 0.6 is 15.9 Å². The number of hydrogen-bond donors (Lipinski definition) is 4. The third-order valence-electron chi connectivity index (χ3n) is 24.6. The molecule has 129 heavy (non-hydrogen) atoms. The summed E-state index contributed by atoms with van der Waals surface area (Å²) < 4.78 is 14.1. The molecule has 7 aromatic carbocycles. The average Bonchev–Trinajstić information content (AvgIpc) is 1.64. The Hall–Kier alpha value is -13.8. The molecule has 0 radical (unpaired) electrons. The van der Waals surface area contributed by atoms with Crippen molar-refractivity contribution in [1.82, 2.24) is 37.3 Å². The predicted molar refractivity (Wildman–Crippen MR) is 503 cm³/mol. The SMILES string of the molecule is C.C.CC(=O)NC1CCn2c(C(=O)c3ccccc3)ccc21.CC1CCn2c(C(=O)c3ccccc3)ccc21.CCC(=O)C1CCn2c(C(=O)c3ccccc3)ccc21.NC1CCn2c(C(=O)c3ccccc3)ccc21.O=C(c1ccccc1)c1ccc2n1CCC2Br.O=C(c1ccccc1)c1ccc2n1CCC2C(=O)O.O=C(c1ccccc1)c1ccc2n1CCC2O. The van der Waals surface area contributed by atoms with Gasteiger partial charge in [-0.2, -0.15) is 0 Å². The van der Waals surface area contributed by atoms with Crippen LogP contribution in [-0.2, 0) is 60.2 Å². The lowest BCUT2D eigenvalue weighted by Gasteiger charge is -2.09. The number of carboxylic acids is 1. The number of carbonyl (C=O) groups excluding carboxylic acids is 9. The first-order valence-electron chi connectivity index (χ1n) is 43.3. The third-order valence-corrected chi connectivity index (χ3v) is 25.5. The summed E-state index contributed by atoms with van der Waals surface area (Å²) in [6, 6.07) is 91.8. The monoisotopic (exact) mass is 1790 g/mol. The first-order valence-corrected chi connectivity index (χ1v) is 44.2. The van der Waals surface area contributed by atoms with E-state index in [2.05, 4.69) is 43.4 Å². The van der Waals surface area contributed by atoms with Gasteiger partial charge in [-0.25, -0.2) is 0 Å². The van der Waals surface area contributed by atoms with Crippen LogP contribution in [0.25, 0.3) is 0 Å². The largest absolute Gasteiger partial charge is 0.481 e. The molecule has 0 fully saturated rings. The summed E-state index contributed by atoms with van der Waals surface area (Å²) in [6.07, 6.45) is 6.17. The number of fused-ring (bicyclic) bond motifs is 7. The van der Waals surface area contributed by atoms with Gasteiger partial charge in [0.05, 0.1) is 68.7 Å². The molecule has 7 aliphatic rings. The number of amides is 1. The maximum absolute atomic E-state index is 12.5. The fraction of sp³-hybridized carbons (Fsp3) is 0.252. The molecular formula is C107H108BrN9O12. The molecule has 1 amide bonds. The molecule has 7 aromatic heterocycles. The van der Waals surface area contributed by atoms with Gasteiger partial charge in [0.1, 0.15) is 5.78 Å². The van der Waals surface area contributed by atoms with E-state index in [1.165, 1.54) is 18.3 Å². The molecule has 0 saturated carbocycles. The number of carboxylic acid groups (broad SMARTS) is 1. The van der Waals surface area contributed by atoms with Gasteiger partial charge in [-0.15, -0.1) is 0 Å². The van der Waals surface area contributed by atoms with Gasteiger partial charge in [0.25, 0.3) is 0 Å². The molecule has 7 aliphatic heterocycles. The molecule has 5 N–H and O–H groups in total. The molecular weight excluding hydrogens is 1680 g/mol. The lowest BCUT2D eigenvalue weighted by Crippen LogP contribution is -2.24. The zero-order chi connectivity index (χ0) is 88.9. The number of alkyl halides is 1. The zero-order valence-electron chi connectivity index (χ0n) is 71.0. The lowest BCUT2D eigenvalue weighted by atomic mass is 9.98. The van der Waals surface area contributed by atoms with Crippen LogP contribution in [0.4, 0.5) is 0 Å². The van der Waals surface area contributed by atoms with Crippen LogP contribution in [0.3, 0.4) is 0 Å². The van der Waals surface area contributed by atoms with E-state index in [-0.39, 0.29) is 85.0 Å². The number of ketones is 8. The predicted octanol–water partition coefficient (Wildman–Crippen LogP) is 20.1. The van der Waals surface area contributed by atoms with E-state index in [0.717, 1.165) is 134 Å². The van der Waals surface area contributed by atoms with Gasteiger partial charge in [-0.05, 0) is 136 Å². The molecule has 0 aliphatic carbocycles. The van der Waals surface area contributed by atoms with E-state index in [1.807, 2.05) is 291 Å². The molecule has 0 saturated heterocycles. The lowest BCUT2D eigenvalue weighted by molar-refractivity contribution is -0.138. The van der Waals surface area contributed by atoms with Crippen LogP contribution in [0.1, 0.15) is 280 Å². The van der Waals surface area contributed by atoms with E-state index < -0.39 is 18.0 Å². The van der Waals surface area contributed by atoms with Gasteiger partial charge in [0.2, 0.25) is 46.4 Å². The molecule has 0 bridgehead atoms. The highest BCUT2D eigenvalue weighted by Crippen LogP contribution is 2.39. The molecule has 21 nitrogen and oxygen atoms in total. The van der Waals surface area contributed by atoms with Crippen molar-refractivity contribution in [3.63, 3.8) is 0 Å². The zero-order valence-corrected chi connectivity index (χ0v) is 72.6. The number of carbonyl (C=O) groups is 10. The van der Waals surface area contributed by atoms with Gasteiger partial charge in [-0.3, -0.25) is 47.9 Å².